The zero-order valence-electron chi connectivity index (χ0n) is 9.91. The predicted molar refractivity (Wildman–Crippen MR) is 65.8 cm³/mol. The fourth-order valence-corrected chi connectivity index (χ4v) is 2.44. The van der Waals surface area contributed by atoms with Gasteiger partial charge in [0.05, 0.1) is 17.3 Å². The average Bonchev–Trinajstić information content (AvgIpc) is 3.09. The Morgan fingerprint density at radius 2 is 2.33 bits per heavy atom. The molecule has 3 heterocycles. The lowest BCUT2D eigenvalue weighted by molar-refractivity contribution is 0.0732. The number of amides is 1. The standard InChI is InChI=1S/C13H14N4O/c18-13(10-3-1-6-14-9-10)17-8-2-4-12(17)11-5-7-15-16-11/h1,3,5-7,9,12H,2,4,8H2,(H,15,16). The molecule has 2 aromatic heterocycles. The molecule has 1 saturated heterocycles. The van der Waals surface area contributed by atoms with Crippen LogP contribution in [0, 0.1) is 0 Å². The summed E-state index contributed by atoms with van der Waals surface area (Å²) in [7, 11) is 0. The fraction of sp³-hybridized carbons (Fsp3) is 0.308. The van der Waals surface area contributed by atoms with Gasteiger partial charge in [-0.3, -0.25) is 14.9 Å². The van der Waals surface area contributed by atoms with Crippen molar-refractivity contribution in [2.45, 2.75) is 18.9 Å². The number of aromatic nitrogens is 3. The zero-order valence-corrected chi connectivity index (χ0v) is 9.91. The maximum Gasteiger partial charge on any atom is 0.255 e. The van der Waals surface area contributed by atoms with Gasteiger partial charge in [0.15, 0.2) is 0 Å². The molecule has 0 radical (unpaired) electrons. The van der Waals surface area contributed by atoms with Crippen molar-refractivity contribution in [2.24, 2.45) is 0 Å². The van der Waals surface area contributed by atoms with E-state index in [1.165, 1.54) is 0 Å². The van der Waals surface area contributed by atoms with E-state index < -0.39 is 0 Å². The first kappa shape index (κ1) is 11.0. The Hall–Kier alpha value is -2.17. The van der Waals surface area contributed by atoms with Crippen LogP contribution in [-0.4, -0.2) is 32.5 Å². The molecule has 0 spiro atoms. The number of nitrogens with zero attached hydrogens (tertiary/aromatic N) is 3. The Morgan fingerprint density at radius 3 is 3.06 bits per heavy atom. The molecule has 1 aliphatic heterocycles. The van der Waals surface area contributed by atoms with E-state index in [9.17, 15) is 4.79 Å². The molecule has 0 aromatic carbocycles. The van der Waals surface area contributed by atoms with E-state index in [4.69, 9.17) is 0 Å². The molecule has 1 amide bonds. The van der Waals surface area contributed by atoms with Crippen molar-refractivity contribution >= 4 is 5.91 Å². The molecule has 0 bridgehead atoms. The summed E-state index contributed by atoms with van der Waals surface area (Å²) in [4.78, 5) is 18.3. The molecule has 2 aromatic rings. The van der Waals surface area contributed by atoms with Crippen LogP contribution in [-0.2, 0) is 0 Å². The number of rotatable bonds is 2. The van der Waals surface area contributed by atoms with Gasteiger partial charge in [0.1, 0.15) is 0 Å². The number of pyridine rings is 1. The molecule has 1 aliphatic rings. The lowest BCUT2D eigenvalue weighted by Gasteiger charge is -2.23. The molecule has 0 saturated carbocycles. The van der Waals surface area contributed by atoms with E-state index in [1.807, 2.05) is 11.0 Å². The normalized spacial score (nSPS) is 19.1. The topological polar surface area (TPSA) is 61.9 Å². The second-order valence-corrected chi connectivity index (χ2v) is 4.41. The van der Waals surface area contributed by atoms with Gasteiger partial charge in [0.2, 0.25) is 0 Å². The van der Waals surface area contributed by atoms with Gasteiger partial charge in [-0.25, -0.2) is 0 Å². The van der Waals surface area contributed by atoms with Crippen LogP contribution in [0.25, 0.3) is 0 Å². The minimum absolute atomic E-state index is 0.0419. The molecular weight excluding hydrogens is 228 g/mol. The van der Waals surface area contributed by atoms with Gasteiger partial charge in [-0.15, -0.1) is 0 Å². The van der Waals surface area contributed by atoms with Crippen molar-refractivity contribution < 1.29 is 4.79 Å². The van der Waals surface area contributed by atoms with E-state index >= 15 is 0 Å². The summed E-state index contributed by atoms with van der Waals surface area (Å²) in [5, 5.41) is 6.91. The van der Waals surface area contributed by atoms with Crippen LogP contribution in [0.5, 0.6) is 0 Å². The number of aromatic amines is 1. The van der Waals surface area contributed by atoms with Gasteiger partial charge in [0.25, 0.3) is 5.91 Å². The van der Waals surface area contributed by atoms with Crippen LogP contribution in [0.4, 0.5) is 0 Å². The number of likely N-dealkylation sites (tertiary alicyclic amines) is 1. The second-order valence-electron chi connectivity index (χ2n) is 4.41. The molecule has 0 aliphatic carbocycles. The van der Waals surface area contributed by atoms with Crippen LogP contribution >= 0.6 is 0 Å². The summed E-state index contributed by atoms with van der Waals surface area (Å²) in [5.41, 5.74) is 1.65. The molecule has 1 atom stereocenters. The van der Waals surface area contributed by atoms with E-state index in [-0.39, 0.29) is 11.9 Å². The summed E-state index contributed by atoms with van der Waals surface area (Å²) >= 11 is 0. The highest BCUT2D eigenvalue weighted by Gasteiger charge is 2.31. The van der Waals surface area contributed by atoms with Crippen molar-refractivity contribution in [2.75, 3.05) is 6.54 Å². The minimum atomic E-state index is 0.0419. The molecule has 1 N–H and O–H groups in total. The highest BCUT2D eigenvalue weighted by molar-refractivity contribution is 5.94. The summed E-state index contributed by atoms with van der Waals surface area (Å²) in [6, 6.07) is 5.63. The SMILES string of the molecule is O=C(c1cccnc1)N1CCCC1c1ccn[nH]1. The molecule has 1 fully saturated rings. The van der Waals surface area contributed by atoms with Crippen molar-refractivity contribution in [3.05, 3.63) is 48.0 Å². The van der Waals surface area contributed by atoms with Crippen molar-refractivity contribution in [3.8, 4) is 0 Å². The lowest BCUT2D eigenvalue weighted by Crippen LogP contribution is -2.30. The highest BCUT2D eigenvalue weighted by Crippen LogP contribution is 2.31. The number of nitrogens with one attached hydrogen (secondary N) is 1. The van der Waals surface area contributed by atoms with Crippen molar-refractivity contribution in [1.29, 1.82) is 0 Å². The Balaban J connectivity index is 1.85. The number of hydrogen-bond acceptors (Lipinski definition) is 3. The first-order chi connectivity index (χ1) is 8.86. The number of H-pyrrole nitrogens is 1. The largest absolute Gasteiger partial charge is 0.330 e. The van der Waals surface area contributed by atoms with E-state index in [0.29, 0.717) is 5.56 Å². The van der Waals surface area contributed by atoms with Crippen LogP contribution in [0.15, 0.2) is 36.8 Å². The zero-order chi connectivity index (χ0) is 12.4. The summed E-state index contributed by atoms with van der Waals surface area (Å²) < 4.78 is 0. The Kier molecular flexibility index (Phi) is 2.80. The monoisotopic (exact) mass is 242 g/mol. The molecule has 5 nitrogen and oxygen atoms in total. The third-order valence-electron chi connectivity index (χ3n) is 3.30. The first-order valence-corrected chi connectivity index (χ1v) is 6.06. The average molecular weight is 242 g/mol. The molecule has 5 heteroatoms. The van der Waals surface area contributed by atoms with Crippen LogP contribution < -0.4 is 0 Å². The van der Waals surface area contributed by atoms with E-state index in [1.54, 1.807) is 30.7 Å². The van der Waals surface area contributed by atoms with Crippen LogP contribution in [0.3, 0.4) is 0 Å². The maximum atomic E-state index is 12.4. The van der Waals surface area contributed by atoms with E-state index in [0.717, 1.165) is 25.1 Å². The quantitative estimate of drug-likeness (QED) is 0.873. The minimum Gasteiger partial charge on any atom is -0.330 e. The molecule has 1 unspecified atom stereocenters. The van der Waals surface area contributed by atoms with Crippen LogP contribution in [0.1, 0.15) is 34.9 Å². The predicted octanol–water partition coefficient (Wildman–Crippen LogP) is 1.78. The van der Waals surface area contributed by atoms with Crippen molar-refractivity contribution in [1.82, 2.24) is 20.1 Å². The maximum absolute atomic E-state index is 12.4. The van der Waals surface area contributed by atoms with Crippen LogP contribution in [0.2, 0.25) is 0 Å². The third-order valence-corrected chi connectivity index (χ3v) is 3.30. The summed E-state index contributed by atoms with van der Waals surface area (Å²) in [6.07, 6.45) is 7.02. The summed E-state index contributed by atoms with van der Waals surface area (Å²) in [6.45, 7) is 0.789. The van der Waals surface area contributed by atoms with Gasteiger partial charge >= 0.3 is 0 Å². The Bertz CT molecular complexity index is 523. The molecule has 3 rings (SSSR count). The molecule has 92 valence electrons. The fourth-order valence-electron chi connectivity index (χ4n) is 2.44. The number of hydrogen-bond donors (Lipinski definition) is 1. The third kappa shape index (κ3) is 1.88. The van der Waals surface area contributed by atoms with Gasteiger partial charge in [-0.05, 0) is 31.0 Å². The summed E-state index contributed by atoms with van der Waals surface area (Å²) in [5.74, 6) is 0.0419. The number of carbonyl (C=O) groups is 1. The second kappa shape index (κ2) is 4.60. The van der Waals surface area contributed by atoms with Gasteiger partial charge in [0, 0.05) is 25.1 Å². The smallest absolute Gasteiger partial charge is 0.255 e. The van der Waals surface area contributed by atoms with Gasteiger partial charge in [-0.2, -0.15) is 5.10 Å². The number of carbonyl (C=O) groups excluding carboxylic acids is 1. The molecule has 18 heavy (non-hydrogen) atoms. The van der Waals surface area contributed by atoms with E-state index in [2.05, 4.69) is 15.2 Å². The first-order valence-electron chi connectivity index (χ1n) is 6.06. The van der Waals surface area contributed by atoms with Crippen molar-refractivity contribution in [3.63, 3.8) is 0 Å². The molecular formula is C13H14N4O. The highest BCUT2D eigenvalue weighted by atomic mass is 16.2. The Labute approximate surface area is 105 Å². The van der Waals surface area contributed by atoms with Gasteiger partial charge in [-0.1, -0.05) is 0 Å². The Morgan fingerprint density at radius 1 is 1.39 bits per heavy atom. The lowest BCUT2D eigenvalue weighted by atomic mass is 10.1. The van der Waals surface area contributed by atoms with Gasteiger partial charge < -0.3 is 4.90 Å².